The zero-order chi connectivity index (χ0) is 15.7. The van der Waals surface area contributed by atoms with Crippen molar-refractivity contribution in [2.45, 2.75) is 17.7 Å². The van der Waals surface area contributed by atoms with Gasteiger partial charge in [-0.05, 0) is 42.8 Å². The van der Waals surface area contributed by atoms with E-state index in [-0.39, 0.29) is 29.2 Å². The second kappa shape index (κ2) is 5.93. The number of ketones is 1. The van der Waals surface area contributed by atoms with Crippen LogP contribution in [-0.4, -0.2) is 17.4 Å². The van der Waals surface area contributed by atoms with Gasteiger partial charge in [0.05, 0.1) is 11.7 Å². The summed E-state index contributed by atoms with van der Waals surface area (Å²) in [6.45, 7) is 1.81. The molecule has 2 aromatic rings. The summed E-state index contributed by atoms with van der Waals surface area (Å²) in [4.78, 5) is 24.3. The van der Waals surface area contributed by atoms with Crippen molar-refractivity contribution >= 4 is 29.1 Å². The number of carbonyl (C=O) groups excluding carboxylic acids is 2. The molecule has 0 radical (unpaired) electrons. The number of fused-ring (bicyclic) bond motifs is 1. The molecule has 0 unspecified atom stereocenters. The monoisotopic (exact) mass is 315 g/mol. The van der Waals surface area contributed by atoms with Crippen LogP contribution in [0.15, 0.2) is 47.4 Å². The highest BCUT2D eigenvalue weighted by Crippen LogP contribution is 2.33. The highest BCUT2D eigenvalue weighted by molar-refractivity contribution is 8.00. The number of halogens is 1. The highest BCUT2D eigenvalue weighted by Gasteiger charge is 2.27. The zero-order valence-electron chi connectivity index (χ0n) is 11.9. The first kappa shape index (κ1) is 14.8. The van der Waals surface area contributed by atoms with Gasteiger partial charge in [-0.25, -0.2) is 4.39 Å². The molecule has 0 bridgehead atoms. The summed E-state index contributed by atoms with van der Waals surface area (Å²) in [5.41, 5.74) is 2.15. The summed E-state index contributed by atoms with van der Waals surface area (Å²) in [5, 5.41) is 2.77. The molecule has 112 valence electrons. The molecule has 1 amide bonds. The van der Waals surface area contributed by atoms with Crippen molar-refractivity contribution in [2.75, 3.05) is 11.1 Å². The predicted molar refractivity (Wildman–Crippen MR) is 84.9 cm³/mol. The third kappa shape index (κ3) is 2.76. The number of carbonyl (C=O) groups is 2. The zero-order valence-corrected chi connectivity index (χ0v) is 12.7. The molecular weight excluding hydrogens is 301 g/mol. The maximum Gasteiger partial charge on any atom is 0.231 e. The molecule has 1 N–H and O–H groups in total. The lowest BCUT2D eigenvalue weighted by Crippen LogP contribution is -2.08. The van der Waals surface area contributed by atoms with Crippen molar-refractivity contribution in [1.82, 2.24) is 0 Å². The molecule has 2 aromatic carbocycles. The average Bonchev–Trinajstić information content (AvgIpc) is 2.81. The summed E-state index contributed by atoms with van der Waals surface area (Å²) in [6, 6.07) is 11.6. The van der Waals surface area contributed by atoms with Crippen LogP contribution in [0.25, 0.3) is 0 Å². The van der Waals surface area contributed by atoms with Crippen molar-refractivity contribution in [3.05, 3.63) is 59.4 Å². The van der Waals surface area contributed by atoms with Crippen molar-refractivity contribution in [2.24, 2.45) is 0 Å². The van der Waals surface area contributed by atoms with E-state index in [2.05, 4.69) is 5.32 Å². The van der Waals surface area contributed by atoms with Crippen LogP contribution < -0.4 is 5.32 Å². The standard InChI is InChI=1S/C17H14FNO2S/c1-10-12-8-11(6-7-14(12)19-17(10)21)15(20)9-22-16-5-3-2-4-13(16)18/h2-8,10H,9H2,1H3,(H,19,21)/t10-/m1/s1. The molecule has 1 atom stereocenters. The molecule has 3 rings (SSSR count). The van der Waals surface area contributed by atoms with Crippen LogP contribution in [0.3, 0.4) is 0 Å². The van der Waals surface area contributed by atoms with E-state index >= 15 is 0 Å². The summed E-state index contributed by atoms with van der Waals surface area (Å²) >= 11 is 1.18. The fourth-order valence-corrected chi connectivity index (χ4v) is 3.21. The number of nitrogens with one attached hydrogen (secondary N) is 1. The highest BCUT2D eigenvalue weighted by atomic mass is 32.2. The Hall–Kier alpha value is -2.14. The van der Waals surface area contributed by atoms with Gasteiger partial charge in [-0.15, -0.1) is 11.8 Å². The van der Waals surface area contributed by atoms with Gasteiger partial charge in [0, 0.05) is 16.1 Å². The van der Waals surface area contributed by atoms with Crippen LogP contribution in [-0.2, 0) is 4.79 Å². The maximum atomic E-state index is 13.5. The van der Waals surface area contributed by atoms with Gasteiger partial charge in [0.15, 0.2) is 5.78 Å². The van der Waals surface area contributed by atoms with E-state index in [9.17, 15) is 14.0 Å². The van der Waals surface area contributed by atoms with Crippen LogP contribution in [0.1, 0.15) is 28.8 Å². The Bertz CT molecular complexity index is 760. The van der Waals surface area contributed by atoms with Gasteiger partial charge >= 0.3 is 0 Å². The Morgan fingerprint density at radius 1 is 1.27 bits per heavy atom. The van der Waals surface area contributed by atoms with Gasteiger partial charge < -0.3 is 5.32 Å². The summed E-state index contributed by atoms with van der Waals surface area (Å²) in [5.74, 6) is -0.544. The van der Waals surface area contributed by atoms with E-state index in [4.69, 9.17) is 0 Å². The first-order valence-electron chi connectivity index (χ1n) is 6.91. The van der Waals surface area contributed by atoms with Gasteiger partial charge in [-0.1, -0.05) is 12.1 Å². The van der Waals surface area contributed by atoms with Crippen molar-refractivity contribution < 1.29 is 14.0 Å². The van der Waals surface area contributed by atoms with Gasteiger partial charge in [0.25, 0.3) is 0 Å². The molecule has 0 saturated carbocycles. The lowest BCUT2D eigenvalue weighted by molar-refractivity contribution is -0.116. The molecule has 1 aliphatic rings. The largest absolute Gasteiger partial charge is 0.325 e. The number of Topliss-reactive ketones (excluding diaryl/α,β-unsaturated/α-hetero) is 1. The van der Waals surface area contributed by atoms with Crippen molar-refractivity contribution in [3.63, 3.8) is 0 Å². The number of anilines is 1. The second-order valence-corrected chi connectivity index (χ2v) is 6.17. The quantitative estimate of drug-likeness (QED) is 0.688. The van der Waals surface area contributed by atoms with Gasteiger partial charge in [0.2, 0.25) is 5.91 Å². The van der Waals surface area contributed by atoms with Crippen LogP contribution in [0.5, 0.6) is 0 Å². The minimum Gasteiger partial charge on any atom is -0.325 e. The van der Waals surface area contributed by atoms with Crippen LogP contribution >= 0.6 is 11.8 Å². The lowest BCUT2D eigenvalue weighted by Gasteiger charge is -2.06. The molecule has 0 saturated heterocycles. The molecule has 1 heterocycles. The Kier molecular flexibility index (Phi) is 3.98. The second-order valence-electron chi connectivity index (χ2n) is 5.16. The summed E-state index contributed by atoms with van der Waals surface area (Å²) < 4.78 is 13.5. The Balaban J connectivity index is 1.74. The van der Waals surface area contributed by atoms with Gasteiger partial charge in [0.1, 0.15) is 5.82 Å². The number of hydrogen-bond donors (Lipinski definition) is 1. The van der Waals surface area contributed by atoms with Crippen LogP contribution in [0.4, 0.5) is 10.1 Å². The smallest absolute Gasteiger partial charge is 0.231 e. The SMILES string of the molecule is C[C@H]1C(=O)Nc2ccc(C(=O)CSc3ccccc3F)cc21. The fraction of sp³-hybridized carbons (Fsp3) is 0.176. The molecule has 0 spiro atoms. The first-order valence-corrected chi connectivity index (χ1v) is 7.90. The molecule has 1 aliphatic heterocycles. The molecule has 0 aromatic heterocycles. The minimum absolute atomic E-state index is 0.0552. The minimum atomic E-state index is -0.322. The molecule has 5 heteroatoms. The van der Waals surface area contributed by atoms with E-state index in [1.54, 1.807) is 36.4 Å². The number of rotatable bonds is 4. The molecule has 0 fully saturated rings. The number of thioether (sulfide) groups is 1. The molecule has 22 heavy (non-hydrogen) atoms. The van der Waals surface area contributed by atoms with E-state index < -0.39 is 0 Å². The van der Waals surface area contributed by atoms with Crippen LogP contribution in [0, 0.1) is 5.82 Å². The van der Waals surface area contributed by atoms with E-state index in [0.717, 1.165) is 11.3 Å². The van der Waals surface area contributed by atoms with E-state index in [1.807, 2.05) is 6.92 Å². The Labute approximate surface area is 131 Å². The molecular formula is C17H14FNO2S. The number of amides is 1. The third-order valence-electron chi connectivity index (χ3n) is 3.69. The Morgan fingerprint density at radius 2 is 2.05 bits per heavy atom. The van der Waals surface area contributed by atoms with Gasteiger partial charge in [-0.2, -0.15) is 0 Å². The molecule has 3 nitrogen and oxygen atoms in total. The first-order chi connectivity index (χ1) is 10.6. The maximum absolute atomic E-state index is 13.5. The van der Waals surface area contributed by atoms with E-state index in [1.165, 1.54) is 17.8 Å². The van der Waals surface area contributed by atoms with Gasteiger partial charge in [-0.3, -0.25) is 9.59 Å². The van der Waals surface area contributed by atoms with E-state index in [0.29, 0.717) is 10.5 Å². The fourth-order valence-electron chi connectivity index (χ4n) is 2.38. The normalized spacial score (nSPS) is 16.3. The average molecular weight is 315 g/mol. The third-order valence-corrected chi connectivity index (χ3v) is 4.74. The summed E-state index contributed by atoms with van der Waals surface area (Å²) in [7, 11) is 0. The Morgan fingerprint density at radius 3 is 2.82 bits per heavy atom. The van der Waals surface area contributed by atoms with Crippen molar-refractivity contribution in [3.8, 4) is 0 Å². The van der Waals surface area contributed by atoms with Crippen molar-refractivity contribution in [1.29, 1.82) is 0 Å². The van der Waals surface area contributed by atoms with Crippen LogP contribution in [0.2, 0.25) is 0 Å². The number of hydrogen-bond acceptors (Lipinski definition) is 3. The lowest BCUT2D eigenvalue weighted by atomic mass is 9.99. The predicted octanol–water partition coefficient (Wildman–Crippen LogP) is 3.86. The molecule has 0 aliphatic carbocycles. The number of benzene rings is 2. The topological polar surface area (TPSA) is 46.2 Å². The summed E-state index contributed by atoms with van der Waals surface area (Å²) in [6.07, 6.45) is 0.